The molecule has 2 aromatic heterocycles. The SMILES string of the molecule is C[C@@H](NC(=O)c1nnc(N2CCn3nc(C(F)(F)F)cc3C2)o1)c1ccc(-c2cc(C(F)(F)F)ccc2CNC(=O)OC(C)(C)C)cc1. The van der Waals surface area contributed by atoms with Gasteiger partial charge < -0.3 is 24.7 Å². The lowest BCUT2D eigenvalue weighted by Gasteiger charge is -2.25. The first-order chi connectivity index (χ1) is 22.4. The number of nitrogens with zero attached hydrogens (tertiary/aromatic N) is 5. The summed E-state index contributed by atoms with van der Waals surface area (Å²) < 4.78 is 91.8. The Morgan fingerprint density at radius 1 is 0.958 bits per heavy atom. The summed E-state index contributed by atoms with van der Waals surface area (Å²) in [5.41, 5.74) is -0.597. The van der Waals surface area contributed by atoms with Gasteiger partial charge in [0.1, 0.15) is 5.60 Å². The maximum atomic E-state index is 13.6. The zero-order chi connectivity index (χ0) is 35.0. The Labute approximate surface area is 270 Å². The van der Waals surface area contributed by atoms with Gasteiger partial charge in [-0.15, -0.1) is 5.10 Å². The molecule has 0 spiro atoms. The second-order valence-electron chi connectivity index (χ2n) is 12.1. The summed E-state index contributed by atoms with van der Waals surface area (Å²) in [6.07, 6.45) is -9.89. The molecule has 0 bridgehead atoms. The lowest BCUT2D eigenvalue weighted by molar-refractivity contribution is -0.141. The number of halogens is 6. The Balaban J connectivity index is 1.26. The number of amides is 2. The highest BCUT2D eigenvalue weighted by molar-refractivity contribution is 5.89. The van der Waals surface area contributed by atoms with E-state index in [1.54, 1.807) is 52.0 Å². The number of fused-ring (bicyclic) bond motifs is 1. The topological polar surface area (TPSA) is 127 Å². The van der Waals surface area contributed by atoms with Crippen LogP contribution in [-0.4, -0.2) is 44.1 Å². The Morgan fingerprint density at radius 2 is 1.67 bits per heavy atom. The highest BCUT2D eigenvalue weighted by Crippen LogP contribution is 2.35. The quantitative estimate of drug-likeness (QED) is 0.212. The summed E-state index contributed by atoms with van der Waals surface area (Å²) in [4.78, 5) is 26.6. The van der Waals surface area contributed by atoms with E-state index in [1.165, 1.54) is 15.6 Å². The molecule has 0 saturated carbocycles. The van der Waals surface area contributed by atoms with Gasteiger partial charge in [0.15, 0.2) is 5.69 Å². The predicted molar refractivity (Wildman–Crippen MR) is 158 cm³/mol. The number of nitrogens with one attached hydrogen (secondary N) is 2. The van der Waals surface area contributed by atoms with Gasteiger partial charge in [0.2, 0.25) is 0 Å². The summed E-state index contributed by atoms with van der Waals surface area (Å²) in [5.74, 6) is -1.07. The molecule has 3 heterocycles. The van der Waals surface area contributed by atoms with E-state index in [-0.39, 0.29) is 43.6 Å². The Bertz CT molecular complexity index is 1790. The van der Waals surface area contributed by atoms with Crippen molar-refractivity contribution >= 4 is 18.0 Å². The van der Waals surface area contributed by atoms with Crippen molar-refractivity contribution in [2.75, 3.05) is 11.4 Å². The zero-order valence-electron chi connectivity index (χ0n) is 26.2. The molecule has 17 heteroatoms. The highest BCUT2D eigenvalue weighted by Gasteiger charge is 2.36. The molecule has 2 amide bonds. The van der Waals surface area contributed by atoms with Crippen LogP contribution in [0.5, 0.6) is 0 Å². The number of aromatic nitrogens is 4. The van der Waals surface area contributed by atoms with Crippen LogP contribution in [0, 0.1) is 0 Å². The van der Waals surface area contributed by atoms with Crippen molar-refractivity contribution in [2.24, 2.45) is 0 Å². The minimum absolute atomic E-state index is 0.0136. The summed E-state index contributed by atoms with van der Waals surface area (Å²) in [6.45, 7) is 7.04. The molecule has 1 aliphatic heterocycles. The van der Waals surface area contributed by atoms with E-state index in [1.807, 2.05) is 0 Å². The van der Waals surface area contributed by atoms with Crippen LogP contribution in [-0.2, 0) is 36.7 Å². The molecule has 11 nitrogen and oxygen atoms in total. The number of alkyl carbamates (subject to hydrolysis) is 1. The van der Waals surface area contributed by atoms with E-state index in [2.05, 4.69) is 25.9 Å². The van der Waals surface area contributed by atoms with Crippen LogP contribution in [0.25, 0.3) is 11.1 Å². The van der Waals surface area contributed by atoms with Gasteiger partial charge >= 0.3 is 36.3 Å². The minimum atomic E-state index is -4.59. The molecular weight excluding hydrogens is 648 g/mol. The fourth-order valence-corrected chi connectivity index (χ4v) is 4.95. The lowest BCUT2D eigenvalue weighted by atomic mass is 9.95. The van der Waals surface area contributed by atoms with Crippen LogP contribution in [0.3, 0.4) is 0 Å². The average molecular weight is 680 g/mol. The molecule has 48 heavy (non-hydrogen) atoms. The number of anilines is 1. The first kappa shape index (κ1) is 34.3. The van der Waals surface area contributed by atoms with Crippen molar-refractivity contribution in [3.05, 3.63) is 82.5 Å². The van der Waals surface area contributed by atoms with Crippen molar-refractivity contribution in [1.29, 1.82) is 0 Å². The van der Waals surface area contributed by atoms with Crippen molar-refractivity contribution in [1.82, 2.24) is 30.6 Å². The van der Waals surface area contributed by atoms with E-state index < -0.39 is 47.3 Å². The zero-order valence-corrected chi connectivity index (χ0v) is 26.2. The summed E-state index contributed by atoms with van der Waals surface area (Å²) in [7, 11) is 0. The van der Waals surface area contributed by atoms with Crippen LogP contribution in [0.1, 0.15) is 72.5 Å². The van der Waals surface area contributed by atoms with Crippen LogP contribution >= 0.6 is 0 Å². The molecule has 256 valence electrons. The fourth-order valence-electron chi connectivity index (χ4n) is 4.95. The molecular formula is C31H31F6N7O4. The second-order valence-corrected chi connectivity index (χ2v) is 12.1. The molecule has 2 aromatic carbocycles. The van der Waals surface area contributed by atoms with Crippen molar-refractivity contribution in [3.63, 3.8) is 0 Å². The molecule has 0 radical (unpaired) electrons. The van der Waals surface area contributed by atoms with E-state index in [9.17, 15) is 35.9 Å². The van der Waals surface area contributed by atoms with E-state index >= 15 is 0 Å². The van der Waals surface area contributed by atoms with Gasteiger partial charge in [0.05, 0.1) is 30.4 Å². The lowest BCUT2D eigenvalue weighted by Crippen LogP contribution is -2.34. The smallest absolute Gasteiger partial charge is 0.435 e. The van der Waals surface area contributed by atoms with E-state index in [0.717, 1.165) is 18.2 Å². The molecule has 0 fully saturated rings. The molecule has 0 saturated heterocycles. The fraction of sp³-hybridized carbons (Fsp3) is 0.387. The molecule has 0 unspecified atom stereocenters. The monoisotopic (exact) mass is 679 g/mol. The summed E-state index contributed by atoms with van der Waals surface area (Å²) in [5, 5.41) is 16.5. The third-order valence-electron chi connectivity index (χ3n) is 7.30. The number of benzene rings is 2. The van der Waals surface area contributed by atoms with E-state index in [0.29, 0.717) is 22.4 Å². The van der Waals surface area contributed by atoms with Gasteiger partial charge in [-0.3, -0.25) is 9.48 Å². The number of hydrogen-bond acceptors (Lipinski definition) is 8. The maximum Gasteiger partial charge on any atom is 0.435 e. The second kappa shape index (κ2) is 12.8. The van der Waals surface area contributed by atoms with Gasteiger partial charge in [0, 0.05) is 13.1 Å². The third-order valence-corrected chi connectivity index (χ3v) is 7.30. The molecule has 1 atom stereocenters. The molecule has 4 aromatic rings. The number of ether oxygens (including phenoxy) is 1. The number of carbonyl (C=O) groups is 2. The standard InChI is InChI=1S/C31H31F6N7O4/c1-17(39-25(45)26-40-41-27(47-26)43-11-12-44-22(16-43)14-24(42-44)31(35,36)37)18-5-7-19(8-6-18)23-13-21(30(32,33)34)10-9-20(23)15-38-28(46)48-29(2,3)4/h5-10,13-14,17H,11-12,15-16H2,1-4H3,(H,38,46)(H,39,45)/t17-/m1/s1. The molecule has 1 aliphatic rings. The molecule has 0 aliphatic carbocycles. The Morgan fingerprint density at radius 3 is 2.31 bits per heavy atom. The number of rotatable bonds is 7. The Kier molecular flexibility index (Phi) is 9.16. The Hall–Kier alpha value is -5.09. The van der Waals surface area contributed by atoms with Crippen molar-refractivity contribution in [2.45, 2.75) is 71.3 Å². The van der Waals surface area contributed by atoms with Gasteiger partial charge in [-0.2, -0.15) is 31.4 Å². The van der Waals surface area contributed by atoms with Gasteiger partial charge in [-0.25, -0.2) is 4.79 Å². The predicted octanol–water partition coefficient (Wildman–Crippen LogP) is 6.51. The van der Waals surface area contributed by atoms with Crippen molar-refractivity contribution < 1.29 is 45.1 Å². The van der Waals surface area contributed by atoms with Crippen LogP contribution in [0.15, 0.2) is 52.9 Å². The molecule has 5 rings (SSSR count). The van der Waals surface area contributed by atoms with Gasteiger partial charge in [0.25, 0.3) is 0 Å². The van der Waals surface area contributed by atoms with Crippen LogP contribution < -0.4 is 15.5 Å². The van der Waals surface area contributed by atoms with Crippen LogP contribution in [0.4, 0.5) is 37.2 Å². The van der Waals surface area contributed by atoms with Crippen LogP contribution in [0.2, 0.25) is 0 Å². The van der Waals surface area contributed by atoms with Crippen molar-refractivity contribution in [3.8, 4) is 11.1 Å². The van der Waals surface area contributed by atoms with Gasteiger partial charge in [-0.05, 0) is 68.1 Å². The number of carbonyl (C=O) groups excluding carboxylic acids is 2. The highest BCUT2D eigenvalue weighted by atomic mass is 19.4. The first-order valence-corrected chi connectivity index (χ1v) is 14.7. The third kappa shape index (κ3) is 8.06. The average Bonchev–Trinajstić information content (AvgIpc) is 3.66. The summed E-state index contributed by atoms with van der Waals surface area (Å²) in [6, 6.07) is 10.0. The normalized spacial score (nSPS) is 14.3. The largest absolute Gasteiger partial charge is 0.444 e. The van der Waals surface area contributed by atoms with Gasteiger partial charge in [-0.1, -0.05) is 35.4 Å². The molecule has 2 N–H and O–H groups in total. The maximum absolute atomic E-state index is 13.6. The number of alkyl halides is 6. The summed E-state index contributed by atoms with van der Waals surface area (Å²) >= 11 is 0. The minimum Gasteiger partial charge on any atom is -0.444 e. The first-order valence-electron chi connectivity index (χ1n) is 14.7. The number of hydrogen-bond donors (Lipinski definition) is 2. The van der Waals surface area contributed by atoms with E-state index in [4.69, 9.17) is 9.15 Å².